The summed E-state index contributed by atoms with van der Waals surface area (Å²) in [5.74, 6) is 10.3. The second-order valence-corrected chi connectivity index (χ2v) is 12.0. The number of carbonyl (C=O) groups is 1. The molecule has 196 valence electrons. The summed E-state index contributed by atoms with van der Waals surface area (Å²) in [5, 5.41) is 11.3. The highest BCUT2D eigenvalue weighted by atomic mass is 16.6. The van der Waals surface area contributed by atoms with Gasteiger partial charge in [0.1, 0.15) is 11.7 Å². The van der Waals surface area contributed by atoms with Crippen molar-refractivity contribution in [2.45, 2.75) is 89.4 Å². The first kappa shape index (κ1) is 26.1. The minimum Gasteiger partial charge on any atom is -0.459 e. The molecule has 0 radical (unpaired) electrons. The Morgan fingerprint density at radius 2 is 1.92 bits per heavy atom. The lowest BCUT2D eigenvalue weighted by molar-refractivity contribution is -0.169. The van der Waals surface area contributed by atoms with Crippen molar-refractivity contribution in [1.82, 2.24) is 0 Å². The Morgan fingerprint density at radius 3 is 2.59 bits per heavy atom. The standard InChI is InChI=1S/C33H40O4/c1-6-17-33(36-5,24-11-9-8-10-12-24)30(34)37-25-13-14-26-23(21-25)20-22(3)29-27(26)15-18-31(4)28(29)16-19-32(31,35)7-2/h2,8-12,22,25,27-29,35H,13-16,18-21H2,1,3-5H3/t22-,25+,27-,28+,29-,31+,32+,33-/m1/s1. The van der Waals surface area contributed by atoms with Crippen molar-refractivity contribution in [3.63, 3.8) is 0 Å². The lowest BCUT2D eigenvalue weighted by Gasteiger charge is -2.55. The number of benzene rings is 1. The molecule has 0 aromatic heterocycles. The van der Waals surface area contributed by atoms with Gasteiger partial charge in [-0.3, -0.25) is 0 Å². The van der Waals surface area contributed by atoms with Crippen molar-refractivity contribution in [3.05, 3.63) is 47.0 Å². The molecule has 1 N–H and O–H groups in total. The number of allylic oxidation sites excluding steroid dienone is 1. The minimum atomic E-state index is -1.42. The molecule has 4 heteroatoms. The molecule has 4 aliphatic carbocycles. The fraction of sp³-hybridized carbons (Fsp3) is 0.606. The average molecular weight is 501 g/mol. The smallest absolute Gasteiger partial charge is 0.356 e. The topological polar surface area (TPSA) is 55.8 Å². The van der Waals surface area contributed by atoms with E-state index in [1.54, 1.807) is 12.5 Å². The maximum Gasteiger partial charge on any atom is 0.356 e. The van der Waals surface area contributed by atoms with E-state index in [2.05, 4.69) is 31.6 Å². The van der Waals surface area contributed by atoms with Crippen molar-refractivity contribution < 1.29 is 19.4 Å². The van der Waals surface area contributed by atoms with Crippen molar-refractivity contribution in [3.8, 4) is 24.2 Å². The van der Waals surface area contributed by atoms with E-state index in [1.165, 1.54) is 12.7 Å². The molecule has 1 aromatic rings. The van der Waals surface area contributed by atoms with Crippen LogP contribution in [0.4, 0.5) is 0 Å². The van der Waals surface area contributed by atoms with Crippen LogP contribution in [0.2, 0.25) is 0 Å². The van der Waals surface area contributed by atoms with Crippen LogP contribution in [0.15, 0.2) is 41.5 Å². The van der Waals surface area contributed by atoms with Gasteiger partial charge in [0, 0.05) is 24.5 Å². The van der Waals surface area contributed by atoms with E-state index in [1.807, 2.05) is 30.3 Å². The van der Waals surface area contributed by atoms with Gasteiger partial charge in [0.25, 0.3) is 5.60 Å². The van der Waals surface area contributed by atoms with Gasteiger partial charge in [-0.2, -0.15) is 0 Å². The molecule has 0 aliphatic heterocycles. The highest BCUT2D eigenvalue weighted by molar-refractivity contribution is 5.85. The second kappa shape index (κ2) is 9.65. The van der Waals surface area contributed by atoms with E-state index < -0.39 is 17.2 Å². The molecule has 37 heavy (non-hydrogen) atoms. The van der Waals surface area contributed by atoms with E-state index in [-0.39, 0.29) is 11.5 Å². The van der Waals surface area contributed by atoms with E-state index >= 15 is 0 Å². The van der Waals surface area contributed by atoms with Crippen LogP contribution in [0.1, 0.15) is 77.7 Å². The fourth-order valence-corrected chi connectivity index (χ4v) is 8.51. The zero-order valence-corrected chi connectivity index (χ0v) is 22.7. The summed E-state index contributed by atoms with van der Waals surface area (Å²) >= 11 is 0. The van der Waals surface area contributed by atoms with Crippen LogP contribution in [0, 0.1) is 53.3 Å². The number of aliphatic hydroxyl groups is 1. The molecule has 8 atom stereocenters. The number of carbonyl (C=O) groups excluding carboxylic acids is 1. The van der Waals surface area contributed by atoms with Gasteiger partial charge < -0.3 is 14.6 Å². The summed E-state index contributed by atoms with van der Waals surface area (Å²) < 4.78 is 11.9. The third-order valence-electron chi connectivity index (χ3n) is 10.4. The first-order valence-electron chi connectivity index (χ1n) is 13.9. The third kappa shape index (κ3) is 3.96. The monoisotopic (exact) mass is 500 g/mol. The lowest BCUT2D eigenvalue weighted by atomic mass is 9.50. The third-order valence-corrected chi connectivity index (χ3v) is 10.4. The lowest BCUT2D eigenvalue weighted by Crippen LogP contribution is -2.52. The van der Waals surface area contributed by atoms with Crippen molar-refractivity contribution >= 4 is 5.97 Å². The maximum absolute atomic E-state index is 13.6. The summed E-state index contributed by atoms with van der Waals surface area (Å²) in [4.78, 5) is 13.6. The number of terminal acetylenes is 1. The maximum atomic E-state index is 13.6. The van der Waals surface area contributed by atoms with Gasteiger partial charge in [0.05, 0.1) is 0 Å². The van der Waals surface area contributed by atoms with Crippen molar-refractivity contribution in [1.29, 1.82) is 0 Å². The van der Waals surface area contributed by atoms with Gasteiger partial charge in [-0.1, -0.05) is 67.2 Å². The summed E-state index contributed by atoms with van der Waals surface area (Å²) in [6, 6.07) is 9.40. The first-order chi connectivity index (χ1) is 17.7. The van der Waals surface area contributed by atoms with Crippen LogP contribution < -0.4 is 0 Å². The van der Waals surface area contributed by atoms with Crippen molar-refractivity contribution in [2.24, 2.45) is 29.1 Å². The molecule has 1 aromatic carbocycles. The Labute approximate surface area is 222 Å². The van der Waals surface area contributed by atoms with Gasteiger partial charge in [-0.15, -0.1) is 12.3 Å². The summed E-state index contributed by atoms with van der Waals surface area (Å²) in [6.07, 6.45) is 13.1. The summed E-state index contributed by atoms with van der Waals surface area (Å²) in [6.45, 7) is 6.32. The van der Waals surface area contributed by atoms with Gasteiger partial charge in [0.2, 0.25) is 0 Å². The first-order valence-corrected chi connectivity index (χ1v) is 13.9. The van der Waals surface area contributed by atoms with Crippen LogP contribution in [-0.4, -0.2) is 29.9 Å². The molecule has 2 saturated carbocycles. The van der Waals surface area contributed by atoms with Crippen LogP contribution in [-0.2, 0) is 19.9 Å². The number of fused-ring (bicyclic) bond motifs is 4. The zero-order chi connectivity index (χ0) is 26.4. The highest BCUT2D eigenvalue weighted by Gasteiger charge is 2.62. The second-order valence-electron chi connectivity index (χ2n) is 12.0. The number of rotatable bonds is 4. The van der Waals surface area contributed by atoms with E-state index in [9.17, 15) is 9.90 Å². The number of ether oxygens (including phenoxy) is 2. The highest BCUT2D eigenvalue weighted by Crippen LogP contribution is 2.65. The Hall–Kier alpha value is -2.53. The molecule has 0 spiro atoms. The number of hydrogen-bond acceptors (Lipinski definition) is 4. The minimum absolute atomic E-state index is 0.168. The fourth-order valence-electron chi connectivity index (χ4n) is 8.51. The summed E-state index contributed by atoms with van der Waals surface area (Å²) in [5.41, 5.74) is 1.19. The molecule has 0 bridgehead atoms. The van der Waals surface area contributed by atoms with Crippen molar-refractivity contribution in [2.75, 3.05) is 7.11 Å². The van der Waals surface area contributed by atoms with Crippen LogP contribution in [0.5, 0.6) is 0 Å². The molecule has 0 heterocycles. The van der Waals surface area contributed by atoms with Crippen LogP contribution >= 0.6 is 0 Å². The average Bonchev–Trinajstić information content (AvgIpc) is 3.18. The molecule has 0 unspecified atom stereocenters. The Balaban J connectivity index is 1.35. The Morgan fingerprint density at radius 1 is 1.16 bits per heavy atom. The van der Waals surface area contributed by atoms with E-state index in [4.69, 9.17) is 15.9 Å². The predicted octanol–water partition coefficient (Wildman–Crippen LogP) is 5.79. The molecular formula is C33H40O4. The molecule has 0 amide bonds. The van der Waals surface area contributed by atoms with E-state index in [0.29, 0.717) is 35.7 Å². The van der Waals surface area contributed by atoms with Gasteiger partial charge in [-0.05, 0) is 75.5 Å². The molecule has 4 aliphatic rings. The Kier molecular flexibility index (Phi) is 6.81. The molecule has 4 nitrogen and oxygen atoms in total. The quantitative estimate of drug-likeness (QED) is 0.323. The largest absolute Gasteiger partial charge is 0.459 e. The number of hydrogen-bond donors (Lipinski definition) is 1. The SMILES string of the molecule is C#C[C@]1(O)CC[C@H]2[C@@H]3[C@H](C)CC4=C(CC[C@H](OC(=O)[C@](C#CC)(OC)c5ccccc5)C4)[C@H]3CC[C@@]21C. The van der Waals surface area contributed by atoms with Crippen LogP contribution in [0.25, 0.3) is 0 Å². The zero-order valence-electron chi connectivity index (χ0n) is 22.7. The molecular weight excluding hydrogens is 460 g/mol. The predicted molar refractivity (Wildman–Crippen MR) is 144 cm³/mol. The summed E-state index contributed by atoms with van der Waals surface area (Å²) in [7, 11) is 1.52. The van der Waals surface area contributed by atoms with Gasteiger partial charge >= 0.3 is 5.97 Å². The molecule has 5 rings (SSSR count). The van der Waals surface area contributed by atoms with Gasteiger partial charge in [0.15, 0.2) is 0 Å². The molecule has 0 saturated heterocycles. The van der Waals surface area contributed by atoms with Gasteiger partial charge in [-0.25, -0.2) is 4.79 Å². The number of esters is 1. The normalized spacial score (nSPS) is 38.1. The molecule has 2 fully saturated rings. The number of methoxy groups -OCH3 is 1. The van der Waals surface area contributed by atoms with Crippen LogP contribution in [0.3, 0.4) is 0 Å². The Bertz CT molecular complexity index is 1180. The van der Waals surface area contributed by atoms with E-state index in [0.717, 1.165) is 44.9 Å².